The molecule has 2 rings (SSSR count). The maximum absolute atomic E-state index is 12.1. The van der Waals surface area contributed by atoms with Crippen LogP contribution in [-0.4, -0.2) is 92.9 Å². The lowest BCUT2D eigenvalue weighted by molar-refractivity contribution is -0.236. The van der Waals surface area contributed by atoms with Gasteiger partial charge in [0.2, 0.25) is 0 Å². The van der Waals surface area contributed by atoms with Crippen LogP contribution >= 0.6 is 0 Å². The van der Waals surface area contributed by atoms with Crippen LogP contribution in [0, 0.1) is 5.92 Å². The first-order chi connectivity index (χ1) is 16.9. The number of esters is 1. The van der Waals surface area contributed by atoms with Gasteiger partial charge in [0.05, 0.1) is 37.6 Å². The molecule has 0 aliphatic carbocycles. The van der Waals surface area contributed by atoms with Crippen molar-refractivity contribution in [1.29, 1.82) is 0 Å². The molecular weight excluding hydrogens is 472 g/mol. The summed E-state index contributed by atoms with van der Waals surface area (Å²) in [6.45, 7) is 5.35. The van der Waals surface area contributed by atoms with Crippen LogP contribution in [0.3, 0.4) is 0 Å². The summed E-state index contributed by atoms with van der Waals surface area (Å²) < 4.78 is 16.5. The third-order valence-electron chi connectivity index (χ3n) is 7.17. The molecule has 8 atom stereocenters. The van der Waals surface area contributed by atoms with Crippen molar-refractivity contribution in [2.24, 2.45) is 5.92 Å². The summed E-state index contributed by atoms with van der Waals surface area (Å²) in [5, 5.41) is 50.4. The summed E-state index contributed by atoms with van der Waals surface area (Å²) in [7, 11) is 0. The molecule has 5 N–H and O–H groups in total. The van der Waals surface area contributed by atoms with E-state index in [0.29, 0.717) is 18.6 Å². The fraction of sp³-hybridized carbons (Fsp3) is 0.846. The number of ether oxygens (including phenoxy) is 3. The fourth-order valence-corrected chi connectivity index (χ4v) is 4.60. The number of hydrogen-bond donors (Lipinski definition) is 5. The minimum atomic E-state index is -1.67. The van der Waals surface area contributed by atoms with E-state index in [-0.39, 0.29) is 44.0 Å². The lowest BCUT2D eigenvalue weighted by Crippen LogP contribution is -2.61. The van der Waals surface area contributed by atoms with Crippen molar-refractivity contribution in [3.63, 3.8) is 0 Å². The highest BCUT2D eigenvalue weighted by Gasteiger charge is 2.54. The smallest absolute Gasteiger partial charge is 0.330 e. The molecule has 0 saturated carbocycles. The molecule has 0 unspecified atom stereocenters. The minimum Gasteiger partial charge on any atom is -0.481 e. The van der Waals surface area contributed by atoms with E-state index in [1.807, 2.05) is 6.92 Å². The lowest BCUT2D eigenvalue weighted by Gasteiger charge is -2.43. The standard InChI is InChI=1S/C26H44O10/c1-16(13-22(30)34-11-9-7-5-4-6-8-10-21(28)29)12-19-23(31)25(32)26(33,15-35-19)14-20-24(36-20)17(2)18(3)27/h13,17-20,23-25,27,31-33H,4-12,14-15H2,1-3H3,(H,28,29)/b16-13+/t17-,18+,19+,20+,23+,24+,25+,26-/m1/s1. The second-order valence-electron chi connectivity index (χ2n) is 10.5. The zero-order valence-corrected chi connectivity index (χ0v) is 21.7. The Kier molecular flexibility index (Phi) is 12.3. The van der Waals surface area contributed by atoms with Crippen molar-refractivity contribution >= 4 is 11.9 Å². The average molecular weight is 517 g/mol. The Hall–Kier alpha value is -1.56. The molecule has 2 fully saturated rings. The van der Waals surface area contributed by atoms with E-state index in [1.54, 1.807) is 13.8 Å². The maximum atomic E-state index is 12.1. The summed E-state index contributed by atoms with van der Waals surface area (Å²) in [6.07, 6.45) is 2.29. The second kappa shape index (κ2) is 14.4. The summed E-state index contributed by atoms with van der Waals surface area (Å²) in [6, 6.07) is 0. The first-order valence-electron chi connectivity index (χ1n) is 13.0. The molecule has 2 aliphatic heterocycles. The van der Waals surface area contributed by atoms with E-state index in [1.165, 1.54) is 6.08 Å². The van der Waals surface area contributed by atoms with Crippen molar-refractivity contribution < 1.29 is 49.3 Å². The number of aliphatic hydroxyl groups excluding tert-OH is 3. The van der Waals surface area contributed by atoms with E-state index in [4.69, 9.17) is 19.3 Å². The van der Waals surface area contributed by atoms with Crippen LogP contribution < -0.4 is 0 Å². The molecular formula is C26H44O10. The van der Waals surface area contributed by atoms with E-state index < -0.39 is 42.0 Å². The van der Waals surface area contributed by atoms with Gasteiger partial charge in [-0.25, -0.2) is 4.79 Å². The Balaban J connectivity index is 1.67. The van der Waals surface area contributed by atoms with Gasteiger partial charge >= 0.3 is 11.9 Å². The van der Waals surface area contributed by atoms with Gasteiger partial charge in [-0.3, -0.25) is 4.79 Å². The van der Waals surface area contributed by atoms with Gasteiger partial charge in [0.15, 0.2) is 0 Å². The fourth-order valence-electron chi connectivity index (χ4n) is 4.60. The number of hydrogen-bond acceptors (Lipinski definition) is 9. The van der Waals surface area contributed by atoms with Gasteiger partial charge in [0, 0.05) is 24.8 Å². The third kappa shape index (κ3) is 9.72. The third-order valence-corrected chi connectivity index (χ3v) is 7.17. The quantitative estimate of drug-likeness (QED) is 0.0882. The average Bonchev–Trinajstić information content (AvgIpc) is 3.56. The van der Waals surface area contributed by atoms with Gasteiger partial charge in [0.1, 0.15) is 17.8 Å². The highest BCUT2D eigenvalue weighted by molar-refractivity contribution is 5.82. The zero-order valence-electron chi connectivity index (χ0n) is 21.7. The monoisotopic (exact) mass is 516 g/mol. The summed E-state index contributed by atoms with van der Waals surface area (Å²) >= 11 is 0. The molecule has 2 saturated heterocycles. The number of carbonyl (C=O) groups excluding carboxylic acids is 1. The molecule has 0 spiro atoms. The SMILES string of the molecule is C/C(=C\C(=O)OCCCCCCCCC(=O)O)C[C@@H]1OC[C@](O)(C[C@@H]2O[C@H]2[C@H](C)[C@H](C)O)[C@@H](O)[C@H]1O. The Bertz CT molecular complexity index is 738. The number of unbranched alkanes of at least 4 members (excludes halogenated alkanes) is 5. The van der Waals surface area contributed by atoms with Gasteiger partial charge in [-0.1, -0.05) is 38.2 Å². The molecule has 0 aromatic rings. The molecule has 0 aromatic carbocycles. The number of aliphatic hydroxyl groups is 4. The topological polar surface area (TPSA) is 166 Å². The van der Waals surface area contributed by atoms with Crippen molar-refractivity contribution in [2.45, 2.75) is 121 Å². The molecule has 0 amide bonds. The largest absolute Gasteiger partial charge is 0.481 e. The predicted octanol–water partition coefficient (Wildman–Crippen LogP) is 1.71. The molecule has 10 heteroatoms. The molecule has 36 heavy (non-hydrogen) atoms. The predicted molar refractivity (Wildman–Crippen MR) is 130 cm³/mol. The van der Waals surface area contributed by atoms with Crippen LogP contribution in [0.1, 0.15) is 78.6 Å². The second-order valence-corrected chi connectivity index (χ2v) is 10.5. The number of carbonyl (C=O) groups is 2. The zero-order chi connectivity index (χ0) is 26.9. The van der Waals surface area contributed by atoms with E-state index in [0.717, 1.165) is 32.1 Å². The van der Waals surface area contributed by atoms with E-state index >= 15 is 0 Å². The summed E-state index contributed by atoms with van der Waals surface area (Å²) in [5.74, 6) is -1.37. The highest BCUT2D eigenvalue weighted by Crippen LogP contribution is 2.40. The van der Waals surface area contributed by atoms with Crippen molar-refractivity contribution in [3.8, 4) is 0 Å². The minimum absolute atomic E-state index is 0.0865. The molecule has 208 valence electrons. The Morgan fingerprint density at radius 2 is 1.72 bits per heavy atom. The van der Waals surface area contributed by atoms with Crippen LogP contribution in [0.25, 0.3) is 0 Å². The maximum Gasteiger partial charge on any atom is 0.330 e. The highest BCUT2D eigenvalue weighted by atomic mass is 16.6. The van der Waals surface area contributed by atoms with Crippen LogP contribution in [-0.2, 0) is 23.8 Å². The van der Waals surface area contributed by atoms with Gasteiger partial charge in [0.25, 0.3) is 0 Å². The lowest BCUT2D eigenvalue weighted by atomic mass is 9.82. The van der Waals surface area contributed by atoms with Crippen molar-refractivity contribution in [2.75, 3.05) is 13.2 Å². The van der Waals surface area contributed by atoms with Gasteiger partial charge in [-0.05, 0) is 33.1 Å². The first kappa shape index (κ1) is 30.7. The van der Waals surface area contributed by atoms with Crippen molar-refractivity contribution in [3.05, 3.63) is 11.6 Å². The Labute approximate surface area is 213 Å². The Morgan fingerprint density at radius 1 is 1.08 bits per heavy atom. The number of rotatable bonds is 16. The number of aliphatic carboxylic acids is 1. The van der Waals surface area contributed by atoms with Gasteiger partial charge in [-0.2, -0.15) is 0 Å². The number of carboxylic acids is 1. The van der Waals surface area contributed by atoms with Crippen LogP contribution in [0.2, 0.25) is 0 Å². The van der Waals surface area contributed by atoms with Crippen LogP contribution in [0.4, 0.5) is 0 Å². The van der Waals surface area contributed by atoms with E-state index in [2.05, 4.69) is 0 Å². The van der Waals surface area contributed by atoms with Gasteiger partial charge in [-0.15, -0.1) is 0 Å². The number of carboxylic acid groups (broad SMARTS) is 1. The molecule has 2 heterocycles. The van der Waals surface area contributed by atoms with Crippen LogP contribution in [0.15, 0.2) is 11.6 Å². The van der Waals surface area contributed by atoms with Gasteiger partial charge < -0.3 is 39.7 Å². The summed E-state index contributed by atoms with van der Waals surface area (Å²) in [4.78, 5) is 22.5. The first-order valence-corrected chi connectivity index (χ1v) is 13.0. The molecule has 10 nitrogen and oxygen atoms in total. The molecule has 0 radical (unpaired) electrons. The Morgan fingerprint density at radius 3 is 2.36 bits per heavy atom. The molecule has 0 bridgehead atoms. The normalized spacial score (nSPS) is 32.1. The van der Waals surface area contributed by atoms with E-state index in [9.17, 15) is 30.0 Å². The summed E-state index contributed by atoms with van der Waals surface area (Å²) in [5.41, 5.74) is -1.04. The molecule has 0 aromatic heterocycles. The van der Waals surface area contributed by atoms with Crippen LogP contribution in [0.5, 0.6) is 0 Å². The molecule has 2 aliphatic rings. The van der Waals surface area contributed by atoms with Crippen molar-refractivity contribution in [1.82, 2.24) is 0 Å². The number of epoxide rings is 1.